The van der Waals surface area contributed by atoms with Crippen LogP contribution in [0.1, 0.15) is 44.6 Å². The maximum Gasteiger partial charge on any atom is 0.155 e. The second-order valence-electron chi connectivity index (χ2n) is 5.38. The van der Waals surface area contributed by atoms with Gasteiger partial charge in [-0.1, -0.05) is 56.7 Å². The first-order chi connectivity index (χ1) is 9.72. The molecule has 110 valence electrons. The topological polar surface area (TPSA) is 26.3 Å². The minimum absolute atomic E-state index is 0.157. The molecule has 0 heterocycles. The highest BCUT2D eigenvalue weighted by Gasteiger charge is 2.03. The van der Waals surface area contributed by atoms with E-state index >= 15 is 0 Å². The summed E-state index contributed by atoms with van der Waals surface area (Å²) in [5, 5.41) is 0. The van der Waals surface area contributed by atoms with Crippen molar-refractivity contribution in [3.8, 4) is 0 Å². The number of hydrogen-bond donors (Lipinski definition) is 0. The molecule has 0 saturated heterocycles. The minimum Gasteiger partial charge on any atom is -0.376 e. The van der Waals surface area contributed by atoms with Crippen LogP contribution in [0.25, 0.3) is 0 Å². The average molecular weight is 274 g/mol. The van der Waals surface area contributed by atoms with E-state index in [1.807, 2.05) is 18.2 Å². The summed E-state index contributed by atoms with van der Waals surface area (Å²) in [5.41, 5.74) is 1.22. The fourth-order valence-electron chi connectivity index (χ4n) is 2.11. The van der Waals surface area contributed by atoms with Crippen molar-refractivity contribution in [2.24, 2.45) is 5.92 Å². The van der Waals surface area contributed by atoms with Gasteiger partial charge in [0.15, 0.2) is 5.78 Å². The fraction of sp³-hybridized carbons (Fsp3) is 0.500. The molecule has 0 aliphatic rings. The highest BCUT2D eigenvalue weighted by Crippen LogP contribution is 2.12. The van der Waals surface area contributed by atoms with E-state index in [-0.39, 0.29) is 5.78 Å². The van der Waals surface area contributed by atoms with E-state index < -0.39 is 0 Å². The Bertz CT molecular complexity index is 384. The minimum atomic E-state index is 0.157. The van der Waals surface area contributed by atoms with Gasteiger partial charge in [-0.15, -0.1) is 0 Å². The molecule has 0 fully saturated rings. The third-order valence-corrected chi connectivity index (χ3v) is 3.36. The van der Waals surface area contributed by atoms with E-state index in [1.165, 1.54) is 18.1 Å². The molecule has 0 amide bonds. The van der Waals surface area contributed by atoms with E-state index in [0.717, 1.165) is 25.9 Å². The second-order valence-corrected chi connectivity index (χ2v) is 5.38. The lowest BCUT2D eigenvalue weighted by atomic mass is 10.0. The van der Waals surface area contributed by atoms with Gasteiger partial charge in [-0.05, 0) is 30.4 Å². The summed E-state index contributed by atoms with van der Waals surface area (Å²) in [4.78, 5) is 11.0. The molecular formula is C18H26O2. The van der Waals surface area contributed by atoms with Crippen molar-refractivity contribution in [2.45, 2.75) is 45.6 Å². The van der Waals surface area contributed by atoms with Crippen LogP contribution in [-0.4, -0.2) is 12.4 Å². The Kier molecular flexibility index (Phi) is 8.64. The maximum atomic E-state index is 11.0. The summed E-state index contributed by atoms with van der Waals surface area (Å²) in [6.45, 7) is 7.20. The van der Waals surface area contributed by atoms with Crippen molar-refractivity contribution in [3.63, 3.8) is 0 Å². The Hall–Kier alpha value is -1.41. The first kappa shape index (κ1) is 16.6. The van der Waals surface area contributed by atoms with Gasteiger partial charge >= 0.3 is 0 Å². The molecule has 2 heteroatoms. The zero-order valence-corrected chi connectivity index (χ0v) is 12.5. The molecule has 0 unspecified atom stereocenters. The molecule has 1 aromatic carbocycles. The van der Waals surface area contributed by atoms with Crippen LogP contribution >= 0.6 is 0 Å². The van der Waals surface area contributed by atoms with Crippen LogP contribution in [0.15, 0.2) is 43.0 Å². The van der Waals surface area contributed by atoms with E-state index in [0.29, 0.717) is 18.9 Å². The number of ketones is 1. The number of carbonyl (C=O) groups excluding carboxylic acids is 1. The summed E-state index contributed by atoms with van der Waals surface area (Å²) < 4.78 is 5.73. The summed E-state index contributed by atoms with van der Waals surface area (Å²) >= 11 is 0. The molecule has 1 rings (SSSR count). The summed E-state index contributed by atoms with van der Waals surface area (Å²) in [7, 11) is 0. The van der Waals surface area contributed by atoms with Crippen molar-refractivity contribution in [3.05, 3.63) is 48.6 Å². The van der Waals surface area contributed by atoms with Gasteiger partial charge in [-0.2, -0.15) is 0 Å². The zero-order chi connectivity index (χ0) is 14.6. The lowest BCUT2D eigenvalue weighted by Crippen LogP contribution is -2.06. The van der Waals surface area contributed by atoms with Crippen LogP contribution in [-0.2, 0) is 16.1 Å². The maximum absolute atomic E-state index is 11.0. The molecule has 2 nitrogen and oxygen atoms in total. The number of hydrogen-bond acceptors (Lipinski definition) is 2. The number of ether oxygens (including phenoxy) is 1. The van der Waals surface area contributed by atoms with Gasteiger partial charge in [0.2, 0.25) is 0 Å². The van der Waals surface area contributed by atoms with Crippen LogP contribution in [0.3, 0.4) is 0 Å². The number of benzene rings is 1. The van der Waals surface area contributed by atoms with E-state index in [1.54, 1.807) is 0 Å². The highest BCUT2D eigenvalue weighted by atomic mass is 16.5. The predicted octanol–water partition coefficient (Wildman–Crippen LogP) is 4.54. The van der Waals surface area contributed by atoms with Crippen LogP contribution < -0.4 is 0 Å². The van der Waals surface area contributed by atoms with Gasteiger partial charge in [0.25, 0.3) is 0 Å². The highest BCUT2D eigenvalue weighted by molar-refractivity contribution is 5.88. The molecule has 20 heavy (non-hydrogen) atoms. The third-order valence-electron chi connectivity index (χ3n) is 3.36. The Morgan fingerprint density at radius 2 is 2.00 bits per heavy atom. The number of rotatable bonds is 11. The Morgan fingerprint density at radius 3 is 2.70 bits per heavy atom. The van der Waals surface area contributed by atoms with E-state index in [2.05, 4.69) is 25.6 Å². The van der Waals surface area contributed by atoms with Gasteiger partial charge in [0.05, 0.1) is 6.61 Å². The average Bonchev–Trinajstić information content (AvgIpc) is 2.47. The van der Waals surface area contributed by atoms with Gasteiger partial charge in [-0.25, -0.2) is 0 Å². The number of carbonyl (C=O) groups is 1. The quantitative estimate of drug-likeness (QED) is 0.437. The van der Waals surface area contributed by atoms with Crippen LogP contribution in [0.5, 0.6) is 0 Å². The van der Waals surface area contributed by atoms with Crippen molar-refractivity contribution in [1.29, 1.82) is 0 Å². The number of allylic oxidation sites excluding steroid dienone is 1. The van der Waals surface area contributed by atoms with Crippen LogP contribution in [0.4, 0.5) is 0 Å². The Balaban J connectivity index is 1.99. The third kappa shape index (κ3) is 7.90. The van der Waals surface area contributed by atoms with Crippen molar-refractivity contribution < 1.29 is 9.53 Å². The van der Waals surface area contributed by atoms with Gasteiger partial charge < -0.3 is 4.74 Å². The van der Waals surface area contributed by atoms with Crippen molar-refractivity contribution in [2.75, 3.05) is 6.61 Å². The molecule has 1 aromatic rings. The second kappa shape index (κ2) is 10.4. The monoisotopic (exact) mass is 274 g/mol. The van der Waals surface area contributed by atoms with E-state index in [4.69, 9.17) is 4.74 Å². The number of unbranched alkanes of at least 4 members (excludes halogenated alkanes) is 2. The summed E-state index contributed by atoms with van der Waals surface area (Å²) in [6, 6.07) is 10.3. The van der Waals surface area contributed by atoms with Gasteiger partial charge in [0.1, 0.15) is 0 Å². The molecule has 0 aromatic heterocycles. The summed E-state index contributed by atoms with van der Waals surface area (Å²) in [5.74, 6) is 0.734. The molecule has 1 atom stereocenters. The normalized spacial score (nSPS) is 12.1. The summed E-state index contributed by atoms with van der Waals surface area (Å²) in [6.07, 6.45) is 6.48. The largest absolute Gasteiger partial charge is 0.376 e. The molecule has 0 saturated carbocycles. The SMILES string of the molecule is C=CC(=O)CCCCC[C@@H](C)COCc1ccccc1. The van der Waals surface area contributed by atoms with E-state index in [9.17, 15) is 4.79 Å². The Labute approximate surface area is 122 Å². The van der Waals surface area contributed by atoms with Crippen LogP contribution in [0.2, 0.25) is 0 Å². The molecule has 0 N–H and O–H groups in total. The first-order valence-electron chi connectivity index (χ1n) is 7.49. The molecule has 0 bridgehead atoms. The zero-order valence-electron chi connectivity index (χ0n) is 12.5. The lowest BCUT2D eigenvalue weighted by Gasteiger charge is -2.11. The molecule has 0 radical (unpaired) electrons. The molecule has 0 spiro atoms. The predicted molar refractivity (Wildman–Crippen MR) is 83.6 cm³/mol. The molecule has 0 aliphatic heterocycles. The van der Waals surface area contributed by atoms with Crippen molar-refractivity contribution >= 4 is 5.78 Å². The Morgan fingerprint density at radius 1 is 1.25 bits per heavy atom. The first-order valence-corrected chi connectivity index (χ1v) is 7.49. The fourth-order valence-corrected chi connectivity index (χ4v) is 2.11. The van der Waals surface area contributed by atoms with Crippen molar-refractivity contribution in [1.82, 2.24) is 0 Å². The van der Waals surface area contributed by atoms with Gasteiger partial charge in [0, 0.05) is 13.0 Å². The van der Waals surface area contributed by atoms with Gasteiger partial charge in [-0.3, -0.25) is 4.79 Å². The van der Waals surface area contributed by atoms with Crippen LogP contribution in [0, 0.1) is 5.92 Å². The standard InChI is InChI=1S/C18H26O2/c1-3-18(19)13-9-4-6-10-16(2)14-20-15-17-11-7-5-8-12-17/h3,5,7-8,11-12,16H,1,4,6,9-10,13-15H2,2H3/t16-/m1/s1. The smallest absolute Gasteiger partial charge is 0.155 e. The molecule has 0 aliphatic carbocycles. The lowest BCUT2D eigenvalue weighted by molar-refractivity contribution is -0.114. The molecular weight excluding hydrogens is 248 g/mol.